The molecule has 412 valence electrons. The van der Waals surface area contributed by atoms with Crippen LogP contribution >= 0.6 is 15.8 Å². The molecule has 0 unspecified atom stereocenters. The average Bonchev–Trinajstić information content (AvgIpc) is 3.45. The Morgan fingerprint density at radius 1 is 0.354 bits per heavy atom. The van der Waals surface area contributed by atoms with Crippen molar-refractivity contribution in [1.82, 2.24) is 0 Å². The summed E-state index contributed by atoms with van der Waals surface area (Å²) in [5.74, 6) is 0.637. The molecule has 1 fully saturated rings. The third-order valence-electron chi connectivity index (χ3n) is 14.5. The zero-order valence-corrected chi connectivity index (χ0v) is 52.6. The maximum atomic E-state index is 11.2. The van der Waals surface area contributed by atoms with Gasteiger partial charge in [0.1, 0.15) is 43.3 Å². The Kier molecular flexibility index (Phi) is 22.2. The van der Waals surface area contributed by atoms with Gasteiger partial charge in [0.2, 0.25) is 0 Å². The van der Waals surface area contributed by atoms with Gasteiger partial charge in [0.25, 0.3) is 0 Å². The smallest absolute Gasteiger partial charge is 0.128 e. The zero-order valence-electron chi connectivity index (χ0n) is 48.9. The molecule has 0 aliphatic heterocycles. The molecule has 0 spiro atoms. The first kappa shape index (κ1) is 62.4. The summed E-state index contributed by atoms with van der Waals surface area (Å²) < 4.78 is 0. The summed E-state index contributed by atoms with van der Waals surface area (Å²) in [7, 11) is -1.75. The van der Waals surface area contributed by atoms with E-state index in [9.17, 15) is 10.2 Å². The number of aliphatic imine (C=N–C) groups is 2. The van der Waals surface area contributed by atoms with Gasteiger partial charge >= 0.3 is 0 Å². The summed E-state index contributed by atoms with van der Waals surface area (Å²) in [6, 6.07) is 73.5. The Hall–Kier alpha value is -5.82. The fourth-order valence-corrected chi connectivity index (χ4v) is 15.1. The van der Waals surface area contributed by atoms with Crippen LogP contribution in [0.25, 0.3) is 0 Å². The second kappa shape index (κ2) is 28.1. The van der Waals surface area contributed by atoms with E-state index in [4.69, 9.17) is 9.98 Å². The standard InChI is InChI=1S/C36H54N2O2.2C18H15P.Ru/c1-33(2,3)25-17-23(31(39)27(19-25)35(7,8)9)21-37-29-15-13-14-16-30(29)38-22-24-18-26(34(4,5)6)20-28(32(24)40)36(10,11)12;2*1-4-10-16(11-5-1)19(17-12-6-2-7-13-17)18-14-8-3-9-15-18;/h17-22,29-30,39-40H,13-16H2,1-12H3;2*1-15H;/p+2/t29-,30-;;;/m0.../s1. The predicted octanol–water partition coefficient (Wildman–Crippen LogP) is 15.5. The van der Waals surface area contributed by atoms with Crippen molar-refractivity contribution in [3.8, 4) is 11.5 Å². The summed E-state index contributed by atoms with van der Waals surface area (Å²) in [6.07, 6.45) is 7.90. The molecule has 2 atom stereocenters. The second-order valence-electron chi connectivity index (χ2n) is 24.8. The summed E-state index contributed by atoms with van der Waals surface area (Å²) in [5, 5.41) is 31.1. The van der Waals surface area contributed by atoms with E-state index < -0.39 is 15.8 Å². The van der Waals surface area contributed by atoms with Crippen molar-refractivity contribution in [2.75, 3.05) is 0 Å². The minimum atomic E-state index is -0.877. The number of aromatic hydroxyl groups is 2. The van der Waals surface area contributed by atoms with Crippen LogP contribution in [0.3, 0.4) is 0 Å². The fourth-order valence-electron chi connectivity index (χ4n) is 9.94. The van der Waals surface area contributed by atoms with Gasteiger partial charge in [-0.1, -0.05) is 217 Å². The number of phenols is 2. The third-order valence-corrected chi connectivity index (χ3v) is 20.0. The van der Waals surface area contributed by atoms with Crippen LogP contribution in [0.1, 0.15) is 142 Å². The van der Waals surface area contributed by atoms with Gasteiger partial charge in [-0.2, -0.15) is 0 Å². The van der Waals surface area contributed by atoms with E-state index >= 15 is 0 Å². The van der Waals surface area contributed by atoms with Gasteiger partial charge < -0.3 is 10.2 Å². The first-order valence-electron chi connectivity index (χ1n) is 28.0. The van der Waals surface area contributed by atoms with Crippen LogP contribution < -0.4 is 31.8 Å². The number of nitrogens with zero attached hydrogens (tertiary/aromatic N) is 2. The van der Waals surface area contributed by atoms with E-state index in [1.807, 2.05) is 12.4 Å². The molecule has 79 heavy (non-hydrogen) atoms. The number of hydrogen-bond acceptors (Lipinski definition) is 4. The molecule has 0 heterocycles. The molecule has 0 bridgehead atoms. The van der Waals surface area contributed by atoms with Gasteiger partial charge in [0.05, 0.1) is 27.9 Å². The maximum absolute atomic E-state index is 11.2. The van der Waals surface area contributed by atoms with E-state index in [0.29, 0.717) is 11.5 Å². The van der Waals surface area contributed by atoms with Crippen molar-refractivity contribution >= 4 is 60.1 Å². The molecule has 0 radical (unpaired) electrons. The molecule has 8 aromatic rings. The van der Waals surface area contributed by atoms with Crippen molar-refractivity contribution in [2.45, 2.75) is 143 Å². The molecule has 1 aliphatic carbocycles. The molecule has 0 aromatic heterocycles. The van der Waals surface area contributed by atoms with Crippen LogP contribution in [0.4, 0.5) is 0 Å². The van der Waals surface area contributed by atoms with E-state index in [1.165, 1.54) is 43.0 Å². The number of benzene rings is 8. The molecule has 0 saturated heterocycles. The van der Waals surface area contributed by atoms with Crippen LogP contribution in [0.2, 0.25) is 0 Å². The van der Waals surface area contributed by atoms with Crippen molar-refractivity contribution in [2.24, 2.45) is 9.98 Å². The molecule has 1 saturated carbocycles. The van der Waals surface area contributed by atoms with Crippen LogP contribution in [0, 0.1) is 0 Å². The summed E-state index contributed by atoms with van der Waals surface area (Å²) >= 11 is 0. The molecular formula is C72H86N2O2P2Ru+2. The van der Waals surface area contributed by atoms with E-state index in [1.54, 1.807) is 0 Å². The molecule has 7 heteroatoms. The normalized spacial score (nSPS) is 15.0. The maximum Gasteiger partial charge on any atom is 0.128 e. The van der Waals surface area contributed by atoms with E-state index in [-0.39, 0.29) is 53.2 Å². The van der Waals surface area contributed by atoms with Crippen LogP contribution in [-0.4, -0.2) is 34.7 Å². The van der Waals surface area contributed by atoms with Gasteiger partial charge in [-0.25, -0.2) is 0 Å². The molecule has 2 N–H and O–H groups in total. The summed E-state index contributed by atoms with van der Waals surface area (Å²) in [6.45, 7) is 26.0. The fraction of sp³-hybridized carbons (Fsp3) is 0.306. The minimum Gasteiger partial charge on any atom is -0.507 e. The average molecular weight is 1170 g/mol. The van der Waals surface area contributed by atoms with Crippen LogP contribution in [-0.2, 0) is 41.1 Å². The molecule has 0 amide bonds. The third kappa shape index (κ3) is 17.3. The topological polar surface area (TPSA) is 65.2 Å². The van der Waals surface area contributed by atoms with Gasteiger partial charge in [0, 0.05) is 54.2 Å². The number of hydrogen-bond donors (Lipinski definition) is 2. The van der Waals surface area contributed by atoms with Gasteiger partial charge in [-0.05, 0) is 131 Å². The van der Waals surface area contributed by atoms with Crippen molar-refractivity contribution in [3.63, 3.8) is 0 Å². The van der Waals surface area contributed by atoms with Gasteiger partial charge in [0.15, 0.2) is 0 Å². The van der Waals surface area contributed by atoms with Crippen molar-refractivity contribution < 1.29 is 29.7 Å². The van der Waals surface area contributed by atoms with Gasteiger partial charge in [-0.3, -0.25) is 9.98 Å². The quantitative estimate of drug-likeness (QED) is 0.0814. The van der Waals surface area contributed by atoms with Crippen molar-refractivity contribution in [1.29, 1.82) is 0 Å². The first-order valence-corrected chi connectivity index (χ1v) is 31.0. The molecule has 9 rings (SSSR count). The van der Waals surface area contributed by atoms with Gasteiger partial charge in [-0.15, -0.1) is 0 Å². The minimum absolute atomic E-state index is 0. The Balaban J connectivity index is 0.000000213. The van der Waals surface area contributed by atoms with Crippen molar-refractivity contribution in [3.05, 3.63) is 240 Å². The zero-order chi connectivity index (χ0) is 56.1. The molecular weight excluding hydrogens is 1090 g/mol. The second-order valence-corrected chi connectivity index (χ2v) is 29.8. The van der Waals surface area contributed by atoms with Crippen LogP contribution in [0.15, 0.2) is 216 Å². The predicted molar refractivity (Wildman–Crippen MR) is 345 cm³/mol. The molecule has 8 aromatic carbocycles. The summed E-state index contributed by atoms with van der Waals surface area (Å²) in [4.78, 5) is 10.1. The Bertz CT molecular complexity index is 2770. The largest absolute Gasteiger partial charge is 0.507 e. The van der Waals surface area contributed by atoms with E-state index in [2.05, 4.69) is 289 Å². The monoisotopic (exact) mass is 1170 g/mol. The van der Waals surface area contributed by atoms with Crippen LogP contribution in [0.5, 0.6) is 11.5 Å². The number of phenolic OH excluding ortho intramolecular Hbond substituents is 2. The Morgan fingerprint density at radius 3 is 0.785 bits per heavy atom. The Labute approximate surface area is 490 Å². The first-order chi connectivity index (χ1) is 37.1. The summed E-state index contributed by atoms with van der Waals surface area (Å²) in [5.41, 5.74) is 5.39. The van der Waals surface area contributed by atoms with E-state index in [0.717, 1.165) is 47.9 Å². The number of rotatable bonds is 10. The molecule has 1 aliphatic rings. The SMILES string of the molecule is CC(C)(C)c1cc(C=N[C@H]2CCCC[C@@H]2N=Cc2cc(C(C)(C)C)cc(C(C)(C)C)c2O)c(O)c(C(C)(C)C)c1.[Ru].c1ccc([PH+](c2ccccc2)c2ccccc2)cc1.c1ccc([PH+](c2ccccc2)c2ccccc2)cc1. The Morgan fingerprint density at radius 2 is 0.582 bits per heavy atom. The molecule has 4 nitrogen and oxygen atoms in total.